The van der Waals surface area contributed by atoms with Gasteiger partial charge in [-0.25, -0.2) is 21.9 Å². The molecule has 0 saturated heterocycles. The fraction of sp³-hybridized carbons (Fsp3) is 0.381. The van der Waals surface area contributed by atoms with Gasteiger partial charge >= 0.3 is 0 Å². The lowest BCUT2D eigenvalue weighted by atomic mass is 10.0. The number of halogens is 2. The van der Waals surface area contributed by atoms with Crippen molar-refractivity contribution < 1.29 is 22.0 Å². The Labute approximate surface area is 170 Å². The molecule has 2 aromatic rings. The molecule has 0 radical (unpaired) electrons. The summed E-state index contributed by atoms with van der Waals surface area (Å²) in [5.41, 5.74) is 0.964. The van der Waals surface area contributed by atoms with Gasteiger partial charge < -0.3 is 5.32 Å². The molecular weight excluding hydrogens is 398 g/mol. The predicted octanol–water partition coefficient (Wildman–Crippen LogP) is 4.64. The average molecular weight is 425 g/mol. The molecule has 0 fully saturated rings. The van der Waals surface area contributed by atoms with Gasteiger partial charge in [-0.3, -0.25) is 4.79 Å². The maximum absolute atomic E-state index is 13.4. The summed E-state index contributed by atoms with van der Waals surface area (Å²) in [5.74, 6) is -2.68. The van der Waals surface area contributed by atoms with Gasteiger partial charge in [0.25, 0.3) is 5.91 Å². The zero-order valence-electron chi connectivity index (χ0n) is 16.8. The number of sulfonamides is 1. The Morgan fingerprint density at radius 1 is 1.07 bits per heavy atom. The summed E-state index contributed by atoms with van der Waals surface area (Å²) >= 11 is 0. The van der Waals surface area contributed by atoms with Crippen LogP contribution in [-0.2, 0) is 16.4 Å². The molecule has 0 aromatic heterocycles. The third-order valence-corrected chi connectivity index (χ3v) is 6.17. The van der Waals surface area contributed by atoms with Gasteiger partial charge in [-0.2, -0.15) is 0 Å². The van der Waals surface area contributed by atoms with Crippen LogP contribution in [-0.4, -0.2) is 20.4 Å². The predicted molar refractivity (Wildman–Crippen MR) is 109 cm³/mol. The van der Waals surface area contributed by atoms with E-state index in [0.29, 0.717) is 18.4 Å². The number of nitrogens with one attached hydrogen (secondary N) is 2. The number of carbonyl (C=O) groups excluding carboxylic acids is 1. The number of aryl methyl sites for hydroxylation is 1. The Morgan fingerprint density at radius 2 is 1.79 bits per heavy atom. The molecule has 0 aliphatic rings. The van der Waals surface area contributed by atoms with Gasteiger partial charge in [-0.15, -0.1) is 0 Å². The van der Waals surface area contributed by atoms with Crippen LogP contribution in [0.4, 0.5) is 14.5 Å². The Morgan fingerprint density at radius 3 is 2.41 bits per heavy atom. The smallest absolute Gasteiger partial charge is 0.255 e. The summed E-state index contributed by atoms with van der Waals surface area (Å²) in [4.78, 5) is 12.8. The Hall–Kier alpha value is -2.32. The summed E-state index contributed by atoms with van der Waals surface area (Å²) in [7, 11) is -3.79. The first-order chi connectivity index (χ1) is 13.7. The molecule has 0 spiro atoms. The van der Waals surface area contributed by atoms with Crippen LogP contribution in [0.25, 0.3) is 0 Å². The van der Waals surface area contributed by atoms with Crippen LogP contribution in [0, 0.1) is 11.6 Å². The molecule has 2 rings (SSSR count). The normalized spacial score (nSPS) is 12.6. The first-order valence-corrected chi connectivity index (χ1v) is 11.1. The quantitative estimate of drug-likeness (QED) is 0.616. The largest absolute Gasteiger partial charge is 0.322 e. The fourth-order valence-corrected chi connectivity index (χ4v) is 4.06. The van der Waals surface area contributed by atoms with Crippen molar-refractivity contribution in [1.82, 2.24) is 4.72 Å². The van der Waals surface area contributed by atoms with E-state index in [-0.39, 0.29) is 22.2 Å². The summed E-state index contributed by atoms with van der Waals surface area (Å²) < 4.78 is 54.3. The van der Waals surface area contributed by atoms with Crippen LogP contribution < -0.4 is 10.0 Å². The molecule has 5 nitrogen and oxygen atoms in total. The van der Waals surface area contributed by atoms with Crippen LogP contribution in [0.3, 0.4) is 0 Å². The van der Waals surface area contributed by atoms with E-state index in [1.807, 2.05) is 13.8 Å². The van der Waals surface area contributed by atoms with E-state index in [9.17, 15) is 22.0 Å². The summed E-state index contributed by atoms with van der Waals surface area (Å²) in [6, 6.07) is 7.21. The van der Waals surface area contributed by atoms with E-state index >= 15 is 0 Å². The summed E-state index contributed by atoms with van der Waals surface area (Å²) in [5, 5.41) is 2.51. The lowest BCUT2D eigenvalue weighted by Crippen LogP contribution is -2.32. The van der Waals surface area contributed by atoms with Crippen molar-refractivity contribution in [2.24, 2.45) is 0 Å². The minimum Gasteiger partial charge on any atom is -0.322 e. The zero-order chi connectivity index (χ0) is 21.6. The number of unbranched alkanes of at least 4 members (excludes halogenated alkanes) is 1. The van der Waals surface area contributed by atoms with Crippen molar-refractivity contribution in [1.29, 1.82) is 0 Å². The monoisotopic (exact) mass is 424 g/mol. The second kappa shape index (κ2) is 9.93. The number of amides is 1. The molecule has 1 atom stereocenters. The van der Waals surface area contributed by atoms with Crippen LogP contribution in [0.5, 0.6) is 0 Å². The maximum Gasteiger partial charge on any atom is 0.255 e. The summed E-state index contributed by atoms with van der Waals surface area (Å²) in [6.07, 6.45) is 2.94. The van der Waals surface area contributed by atoms with Crippen LogP contribution in [0.1, 0.15) is 56.0 Å². The number of rotatable bonds is 9. The molecule has 2 aromatic carbocycles. The van der Waals surface area contributed by atoms with E-state index in [1.165, 1.54) is 18.2 Å². The van der Waals surface area contributed by atoms with Gasteiger partial charge in [0.1, 0.15) is 0 Å². The third-order valence-electron chi connectivity index (χ3n) is 4.58. The molecule has 1 amide bonds. The number of anilines is 1. The molecule has 2 N–H and O–H groups in total. The molecule has 0 heterocycles. The Kier molecular flexibility index (Phi) is 7.87. The van der Waals surface area contributed by atoms with Crippen LogP contribution >= 0.6 is 0 Å². The minimum atomic E-state index is -3.79. The Balaban J connectivity index is 2.39. The standard InChI is InChI=1S/C21H26F2N2O3S/c1-4-6-7-15-8-10-17(29(27,28)25-14(3)5-2)13-18(15)21(26)24-16-9-11-19(22)20(23)12-16/h8-14,25H,4-7H2,1-3H3,(H,24,26)/t14-/m0/s1. The maximum atomic E-state index is 13.4. The molecule has 8 heteroatoms. The molecule has 0 unspecified atom stereocenters. The lowest BCUT2D eigenvalue weighted by molar-refractivity contribution is 0.102. The van der Waals surface area contributed by atoms with Crippen molar-refractivity contribution in [3.05, 3.63) is 59.2 Å². The molecule has 0 saturated carbocycles. The molecule has 0 aliphatic carbocycles. The second-order valence-electron chi connectivity index (χ2n) is 6.94. The highest BCUT2D eigenvalue weighted by molar-refractivity contribution is 7.89. The molecule has 158 valence electrons. The van der Waals surface area contributed by atoms with Crippen molar-refractivity contribution in [3.63, 3.8) is 0 Å². The molecule has 0 bridgehead atoms. The Bertz CT molecular complexity index is 978. The SMILES string of the molecule is CCCCc1ccc(S(=O)(=O)N[C@@H](C)CC)cc1C(=O)Nc1ccc(F)c(F)c1. The number of benzene rings is 2. The van der Waals surface area contributed by atoms with Gasteiger partial charge in [-0.05, 0) is 56.0 Å². The van der Waals surface area contributed by atoms with Gasteiger partial charge in [0.2, 0.25) is 10.0 Å². The number of hydrogen-bond donors (Lipinski definition) is 2. The van der Waals surface area contributed by atoms with Crippen molar-refractivity contribution in [3.8, 4) is 0 Å². The first kappa shape index (κ1) is 23.0. The van der Waals surface area contributed by atoms with Crippen LogP contribution in [0.15, 0.2) is 41.3 Å². The highest BCUT2D eigenvalue weighted by Gasteiger charge is 2.21. The van der Waals surface area contributed by atoms with Crippen molar-refractivity contribution >= 4 is 21.6 Å². The second-order valence-corrected chi connectivity index (χ2v) is 8.65. The van der Waals surface area contributed by atoms with Crippen LogP contribution in [0.2, 0.25) is 0 Å². The van der Waals surface area contributed by atoms with Gasteiger partial charge in [0, 0.05) is 23.4 Å². The van der Waals surface area contributed by atoms with Crippen molar-refractivity contribution in [2.45, 2.75) is 57.4 Å². The highest BCUT2D eigenvalue weighted by Crippen LogP contribution is 2.21. The first-order valence-electron chi connectivity index (χ1n) is 9.59. The lowest BCUT2D eigenvalue weighted by Gasteiger charge is -2.15. The third kappa shape index (κ3) is 6.08. The fourth-order valence-electron chi connectivity index (χ4n) is 2.71. The zero-order valence-corrected chi connectivity index (χ0v) is 17.6. The molecule has 29 heavy (non-hydrogen) atoms. The molecule has 0 aliphatic heterocycles. The van der Waals surface area contributed by atoms with E-state index in [1.54, 1.807) is 13.0 Å². The van der Waals surface area contributed by atoms with Gasteiger partial charge in [0.05, 0.1) is 4.90 Å². The average Bonchev–Trinajstić information content (AvgIpc) is 2.68. The van der Waals surface area contributed by atoms with E-state index in [0.717, 1.165) is 25.0 Å². The van der Waals surface area contributed by atoms with Crippen molar-refractivity contribution in [2.75, 3.05) is 5.32 Å². The number of hydrogen-bond acceptors (Lipinski definition) is 3. The topological polar surface area (TPSA) is 75.3 Å². The van der Waals surface area contributed by atoms with Gasteiger partial charge in [-0.1, -0.05) is 26.3 Å². The van der Waals surface area contributed by atoms with Gasteiger partial charge in [0.15, 0.2) is 11.6 Å². The summed E-state index contributed by atoms with van der Waals surface area (Å²) in [6.45, 7) is 5.63. The number of carbonyl (C=O) groups is 1. The van der Waals surface area contributed by atoms with E-state index in [4.69, 9.17) is 0 Å². The minimum absolute atomic E-state index is 0.0199. The van der Waals surface area contributed by atoms with E-state index in [2.05, 4.69) is 10.0 Å². The highest BCUT2D eigenvalue weighted by atomic mass is 32.2. The van der Waals surface area contributed by atoms with E-state index < -0.39 is 27.6 Å². The molecular formula is C21H26F2N2O3S.